The third kappa shape index (κ3) is 3.72. The van der Waals surface area contributed by atoms with E-state index in [0.29, 0.717) is 4.73 Å². The number of fused-ring (bicyclic) bond motifs is 1. The molecule has 1 aromatic carbocycles. The van der Waals surface area contributed by atoms with Crippen LogP contribution in [0.2, 0.25) is 0 Å². The molecule has 11 heteroatoms. The molecule has 3 aromatic rings. The highest BCUT2D eigenvalue weighted by Crippen LogP contribution is 2.29. The maximum absolute atomic E-state index is 12.5. The van der Waals surface area contributed by atoms with Gasteiger partial charge in [0, 0.05) is 23.7 Å². The van der Waals surface area contributed by atoms with Crippen LogP contribution in [0.15, 0.2) is 47.5 Å². The second-order valence-corrected chi connectivity index (χ2v) is 7.41. The molecule has 2 heterocycles. The highest BCUT2D eigenvalue weighted by molar-refractivity contribution is 7.91. The van der Waals surface area contributed by atoms with E-state index in [1.807, 2.05) is 0 Å². The van der Waals surface area contributed by atoms with Crippen LogP contribution in [-0.2, 0) is 14.6 Å². The van der Waals surface area contributed by atoms with Crippen molar-refractivity contribution in [2.24, 2.45) is 0 Å². The number of rotatable bonds is 5. The normalized spacial score (nSPS) is 11.4. The van der Waals surface area contributed by atoms with Crippen molar-refractivity contribution < 1.29 is 38.1 Å². The Morgan fingerprint density at radius 3 is 2.48 bits per heavy atom. The molecule has 0 fully saturated rings. The summed E-state index contributed by atoms with van der Waals surface area (Å²) < 4.78 is 30.2. The van der Waals surface area contributed by atoms with Gasteiger partial charge in [-0.05, 0) is 24.3 Å². The Labute approximate surface area is 152 Å². The van der Waals surface area contributed by atoms with E-state index >= 15 is 0 Å². The number of carbonyl (C=O) groups is 1. The fourth-order valence-electron chi connectivity index (χ4n) is 2.34. The first-order valence-electron chi connectivity index (χ1n) is 7.54. The first-order chi connectivity index (χ1) is 12.8. The number of phenolic OH excluding ortho intramolecular Hbond substituents is 1. The van der Waals surface area contributed by atoms with Crippen molar-refractivity contribution in [3.05, 3.63) is 42.6 Å². The topological polar surface area (TPSA) is 148 Å². The summed E-state index contributed by atoms with van der Waals surface area (Å²) in [5.74, 6) is -1.79. The lowest BCUT2D eigenvalue weighted by molar-refractivity contribution is 0.0390. The van der Waals surface area contributed by atoms with Crippen molar-refractivity contribution in [3.8, 4) is 17.5 Å². The van der Waals surface area contributed by atoms with Gasteiger partial charge in [0.1, 0.15) is 17.9 Å². The van der Waals surface area contributed by atoms with Gasteiger partial charge in [-0.1, -0.05) is 0 Å². The van der Waals surface area contributed by atoms with Crippen molar-refractivity contribution in [3.63, 3.8) is 0 Å². The van der Waals surface area contributed by atoms with E-state index in [2.05, 4.69) is 14.6 Å². The Morgan fingerprint density at radius 2 is 1.78 bits per heavy atom. The molecule has 0 aliphatic heterocycles. The van der Waals surface area contributed by atoms with Gasteiger partial charge in [-0.25, -0.2) is 13.2 Å². The van der Waals surface area contributed by atoms with Crippen molar-refractivity contribution in [1.29, 1.82) is 0 Å². The van der Waals surface area contributed by atoms with E-state index < -0.39 is 40.1 Å². The molecule has 27 heavy (non-hydrogen) atoms. The fourth-order valence-corrected chi connectivity index (χ4v) is 3.64. The predicted octanol–water partition coefficient (Wildman–Crippen LogP) is 1.19. The quantitative estimate of drug-likeness (QED) is 0.543. The molecular weight excluding hydrogens is 380 g/mol. The minimum Gasteiger partial charge on any atom is -0.506 e. The zero-order chi connectivity index (χ0) is 19.6. The van der Waals surface area contributed by atoms with Crippen LogP contribution < -0.4 is 4.84 Å². The number of hydrogen-bond donors (Lipinski definition) is 3. The largest absolute Gasteiger partial charge is 0.533 e. The number of hydrogen-bond acceptors (Lipinski definition) is 9. The molecular formula is C16H14N2O8S. The van der Waals surface area contributed by atoms with Crippen LogP contribution in [-0.4, -0.2) is 52.0 Å². The van der Waals surface area contributed by atoms with Crippen LogP contribution in [0.3, 0.4) is 0 Å². The summed E-state index contributed by atoms with van der Waals surface area (Å²) in [6.45, 7) is -0.535. The summed E-state index contributed by atoms with van der Waals surface area (Å²) >= 11 is 0. The number of phenols is 1. The molecule has 3 N–H and O–H groups in total. The Hall–Kier alpha value is -3.47. The van der Waals surface area contributed by atoms with E-state index in [4.69, 9.17) is 0 Å². The van der Waals surface area contributed by atoms with E-state index in [1.54, 1.807) is 0 Å². The third-order valence-corrected chi connectivity index (χ3v) is 5.31. The molecule has 0 bridgehead atoms. The smallest absolute Gasteiger partial charge is 0.506 e. The number of ether oxygens (including phenoxy) is 1. The van der Waals surface area contributed by atoms with Crippen molar-refractivity contribution in [1.82, 2.24) is 9.71 Å². The number of benzene rings is 1. The molecule has 0 aliphatic carbocycles. The summed E-state index contributed by atoms with van der Waals surface area (Å²) in [5, 5.41) is 28.7. The van der Waals surface area contributed by atoms with Crippen molar-refractivity contribution in [2.75, 3.05) is 12.4 Å². The molecule has 0 saturated heterocycles. The summed E-state index contributed by atoms with van der Waals surface area (Å²) in [7, 11) is -3.87. The molecule has 0 radical (unpaired) electrons. The maximum Gasteiger partial charge on any atom is 0.533 e. The molecule has 10 nitrogen and oxygen atoms in total. The zero-order valence-corrected chi connectivity index (χ0v) is 14.5. The summed E-state index contributed by atoms with van der Waals surface area (Å²) in [6, 6.07) is 7.65. The zero-order valence-electron chi connectivity index (χ0n) is 13.6. The van der Waals surface area contributed by atoms with E-state index in [9.17, 15) is 28.5 Å². The van der Waals surface area contributed by atoms with Crippen LogP contribution in [0.25, 0.3) is 10.9 Å². The Kier molecular flexibility index (Phi) is 4.77. The summed E-state index contributed by atoms with van der Waals surface area (Å²) in [5.41, 5.74) is 0.137. The van der Waals surface area contributed by atoms with Crippen LogP contribution in [0.5, 0.6) is 17.5 Å². The van der Waals surface area contributed by atoms with Gasteiger partial charge in [-0.15, -0.1) is 4.73 Å². The number of carbonyl (C=O) groups excluding carboxylic acids is 1. The van der Waals surface area contributed by atoms with Gasteiger partial charge in [0.25, 0.3) is 0 Å². The Balaban J connectivity index is 1.69. The predicted molar refractivity (Wildman–Crippen MR) is 91.2 cm³/mol. The van der Waals surface area contributed by atoms with Gasteiger partial charge in [-0.3, -0.25) is 9.82 Å². The van der Waals surface area contributed by atoms with Crippen molar-refractivity contribution >= 4 is 26.9 Å². The van der Waals surface area contributed by atoms with Crippen LogP contribution in [0.4, 0.5) is 4.79 Å². The van der Waals surface area contributed by atoms with Crippen LogP contribution in [0, 0.1) is 0 Å². The van der Waals surface area contributed by atoms with Gasteiger partial charge >= 0.3 is 6.16 Å². The number of aromatic hydroxyl groups is 3. The summed E-state index contributed by atoms with van der Waals surface area (Å²) in [6.07, 6.45) is 0.105. The third-order valence-electron chi connectivity index (χ3n) is 3.58. The molecule has 3 rings (SSSR count). The lowest BCUT2D eigenvalue weighted by Crippen LogP contribution is -2.23. The van der Waals surface area contributed by atoms with Crippen LogP contribution >= 0.6 is 0 Å². The number of pyridine rings is 1. The average molecular weight is 394 g/mol. The maximum atomic E-state index is 12.5. The molecule has 0 spiro atoms. The lowest BCUT2D eigenvalue weighted by Gasteiger charge is -2.10. The second-order valence-electron chi connectivity index (χ2n) is 5.34. The Bertz CT molecular complexity index is 1090. The van der Waals surface area contributed by atoms with Gasteiger partial charge in [0.15, 0.2) is 9.84 Å². The monoisotopic (exact) mass is 394 g/mol. The average Bonchev–Trinajstić information content (AvgIpc) is 2.94. The van der Waals surface area contributed by atoms with Crippen molar-refractivity contribution in [2.45, 2.75) is 4.90 Å². The molecule has 0 aliphatic rings. The first kappa shape index (κ1) is 18.3. The van der Waals surface area contributed by atoms with Gasteiger partial charge in [0.05, 0.1) is 10.6 Å². The molecule has 0 amide bonds. The van der Waals surface area contributed by atoms with Gasteiger partial charge < -0.3 is 20.1 Å². The fraction of sp³-hybridized carbons (Fsp3) is 0.125. The minimum absolute atomic E-state index is 0.0685. The Morgan fingerprint density at radius 1 is 1.07 bits per heavy atom. The van der Waals surface area contributed by atoms with Crippen LogP contribution in [0.1, 0.15) is 0 Å². The number of nitrogens with zero attached hydrogens (tertiary/aromatic N) is 2. The highest BCUT2D eigenvalue weighted by atomic mass is 32.2. The van der Waals surface area contributed by atoms with E-state index in [0.717, 1.165) is 12.1 Å². The van der Waals surface area contributed by atoms with E-state index in [1.165, 1.54) is 30.5 Å². The van der Waals surface area contributed by atoms with Gasteiger partial charge in [0.2, 0.25) is 11.8 Å². The molecule has 0 saturated carbocycles. The first-order valence-corrected chi connectivity index (χ1v) is 9.19. The molecule has 0 unspecified atom stereocenters. The molecule has 142 valence electrons. The second kappa shape index (κ2) is 7.03. The highest BCUT2D eigenvalue weighted by Gasteiger charge is 2.21. The molecule has 0 atom stereocenters. The SMILES string of the molecule is O=C(OCCS(=O)(=O)c1ccc(O)c2ncccc12)On1c(O)ccc1O. The standard InChI is InChI=1S/C16H14N2O8S/c19-11-3-4-12(10-2-1-7-17-15(10)11)27(23,24)9-8-25-16(22)26-18-13(20)5-6-14(18)21/h1-7,19-21H,8-9H2. The minimum atomic E-state index is -3.87. The summed E-state index contributed by atoms with van der Waals surface area (Å²) in [4.78, 5) is 20.0. The molecule has 2 aromatic heterocycles. The number of sulfone groups is 1. The van der Waals surface area contributed by atoms with E-state index in [-0.39, 0.29) is 21.5 Å². The number of aromatic nitrogens is 2. The lowest BCUT2D eigenvalue weighted by atomic mass is 10.2. The van der Waals surface area contributed by atoms with Gasteiger partial charge in [-0.2, -0.15) is 0 Å².